The average Bonchev–Trinajstić information content (AvgIpc) is 3.07. The molecule has 0 aliphatic carbocycles. The fourth-order valence-corrected chi connectivity index (χ4v) is 3.15. The predicted molar refractivity (Wildman–Crippen MR) is 101 cm³/mol. The van der Waals surface area contributed by atoms with Crippen molar-refractivity contribution >= 4 is 16.8 Å². The number of hydrogen-bond acceptors (Lipinski definition) is 2. The van der Waals surface area contributed by atoms with Crippen LogP contribution < -0.4 is 10.1 Å². The van der Waals surface area contributed by atoms with Gasteiger partial charge in [0.25, 0.3) is 0 Å². The minimum atomic E-state index is -0.611. The molecule has 1 aromatic heterocycles. The van der Waals surface area contributed by atoms with Crippen LogP contribution in [0.15, 0.2) is 54.7 Å². The highest BCUT2D eigenvalue weighted by Gasteiger charge is 2.31. The molecule has 2 N–H and O–H groups in total. The van der Waals surface area contributed by atoms with Gasteiger partial charge in [0.1, 0.15) is 5.75 Å². The highest BCUT2D eigenvalue weighted by Crippen LogP contribution is 2.30. The molecular formula is C21H24N2O2. The third kappa shape index (κ3) is 3.38. The van der Waals surface area contributed by atoms with Crippen molar-refractivity contribution in [3.63, 3.8) is 0 Å². The van der Waals surface area contributed by atoms with Crippen LogP contribution in [-0.2, 0) is 16.6 Å². The molecule has 3 rings (SSSR count). The maximum atomic E-state index is 12.8. The van der Waals surface area contributed by atoms with Crippen LogP contribution in [0.3, 0.4) is 0 Å². The SMILES string of the molecule is COc1ccccc1CCNC(=O)C(C)(C)c1c[nH]c2ccccc12. The summed E-state index contributed by atoms with van der Waals surface area (Å²) in [5, 5.41) is 4.16. The Morgan fingerprint density at radius 2 is 1.84 bits per heavy atom. The highest BCUT2D eigenvalue weighted by molar-refractivity contribution is 5.94. The Kier molecular flexibility index (Phi) is 4.79. The van der Waals surface area contributed by atoms with Gasteiger partial charge < -0.3 is 15.0 Å². The summed E-state index contributed by atoms with van der Waals surface area (Å²) in [6, 6.07) is 15.9. The molecule has 4 heteroatoms. The number of H-pyrrole nitrogens is 1. The lowest BCUT2D eigenvalue weighted by Gasteiger charge is -2.23. The zero-order valence-electron chi connectivity index (χ0n) is 14.9. The molecule has 0 radical (unpaired) electrons. The first-order valence-electron chi connectivity index (χ1n) is 8.51. The number of amides is 1. The molecule has 4 nitrogen and oxygen atoms in total. The molecule has 0 saturated heterocycles. The van der Waals surface area contributed by atoms with E-state index >= 15 is 0 Å². The summed E-state index contributed by atoms with van der Waals surface area (Å²) in [5.41, 5.74) is 2.54. The van der Waals surface area contributed by atoms with Gasteiger partial charge in [0.2, 0.25) is 5.91 Å². The Labute approximate surface area is 148 Å². The topological polar surface area (TPSA) is 54.1 Å². The fourth-order valence-electron chi connectivity index (χ4n) is 3.15. The van der Waals surface area contributed by atoms with Gasteiger partial charge in [-0.05, 0) is 43.5 Å². The van der Waals surface area contributed by atoms with E-state index in [-0.39, 0.29) is 5.91 Å². The number of nitrogens with one attached hydrogen (secondary N) is 2. The van der Waals surface area contributed by atoms with E-state index in [9.17, 15) is 4.79 Å². The number of carbonyl (C=O) groups is 1. The first-order chi connectivity index (χ1) is 12.0. The summed E-state index contributed by atoms with van der Waals surface area (Å²) >= 11 is 0. The molecule has 0 aliphatic heterocycles. The van der Waals surface area contributed by atoms with Crippen molar-refractivity contribution in [1.29, 1.82) is 0 Å². The smallest absolute Gasteiger partial charge is 0.230 e. The Hall–Kier alpha value is -2.75. The Morgan fingerprint density at radius 3 is 2.64 bits per heavy atom. The summed E-state index contributed by atoms with van der Waals surface area (Å²) in [5.74, 6) is 0.875. The molecule has 0 spiro atoms. The van der Waals surface area contributed by atoms with Gasteiger partial charge in [-0.15, -0.1) is 0 Å². The van der Waals surface area contributed by atoms with Crippen molar-refractivity contribution in [2.24, 2.45) is 0 Å². The lowest BCUT2D eigenvalue weighted by Crippen LogP contribution is -2.40. The van der Waals surface area contributed by atoms with E-state index in [4.69, 9.17) is 4.74 Å². The number of methoxy groups -OCH3 is 1. The maximum absolute atomic E-state index is 12.8. The molecule has 0 bridgehead atoms. The second-order valence-corrected chi connectivity index (χ2v) is 6.69. The van der Waals surface area contributed by atoms with Crippen molar-refractivity contribution < 1.29 is 9.53 Å². The Morgan fingerprint density at radius 1 is 1.12 bits per heavy atom. The number of aromatic nitrogens is 1. The molecule has 1 amide bonds. The van der Waals surface area contributed by atoms with Gasteiger partial charge in [0.05, 0.1) is 12.5 Å². The number of carbonyl (C=O) groups excluding carboxylic acids is 1. The molecular weight excluding hydrogens is 312 g/mol. The number of benzene rings is 2. The van der Waals surface area contributed by atoms with Gasteiger partial charge >= 0.3 is 0 Å². The van der Waals surface area contributed by atoms with E-state index < -0.39 is 5.41 Å². The van der Waals surface area contributed by atoms with Crippen molar-refractivity contribution in [2.75, 3.05) is 13.7 Å². The number of para-hydroxylation sites is 2. The monoisotopic (exact) mass is 336 g/mol. The van der Waals surface area contributed by atoms with Gasteiger partial charge in [-0.3, -0.25) is 4.79 Å². The molecule has 0 atom stereocenters. The third-order valence-corrected chi connectivity index (χ3v) is 4.70. The quantitative estimate of drug-likeness (QED) is 0.719. The minimum Gasteiger partial charge on any atom is -0.496 e. The van der Waals surface area contributed by atoms with Crippen LogP contribution in [0.2, 0.25) is 0 Å². The van der Waals surface area contributed by atoms with Gasteiger partial charge in [-0.2, -0.15) is 0 Å². The molecule has 0 unspecified atom stereocenters. The predicted octanol–water partition coefficient (Wildman–Crippen LogP) is 3.81. The van der Waals surface area contributed by atoms with Crippen LogP contribution in [0, 0.1) is 0 Å². The van der Waals surface area contributed by atoms with E-state index in [0.29, 0.717) is 6.54 Å². The van der Waals surface area contributed by atoms with E-state index in [2.05, 4.69) is 10.3 Å². The number of aromatic amines is 1. The Bertz CT molecular complexity index is 880. The lowest BCUT2D eigenvalue weighted by molar-refractivity contribution is -0.125. The second-order valence-electron chi connectivity index (χ2n) is 6.69. The molecule has 3 aromatic rings. The molecule has 130 valence electrons. The van der Waals surface area contributed by atoms with E-state index in [0.717, 1.165) is 34.2 Å². The first kappa shape index (κ1) is 17.1. The van der Waals surface area contributed by atoms with Crippen LogP contribution in [0.1, 0.15) is 25.0 Å². The summed E-state index contributed by atoms with van der Waals surface area (Å²) in [6.07, 6.45) is 2.67. The zero-order chi connectivity index (χ0) is 17.9. The average molecular weight is 336 g/mol. The molecule has 0 fully saturated rings. The maximum Gasteiger partial charge on any atom is 0.230 e. The van der Waals surface area contributed by atoms with Crippen LogP contribution in [0.25, 0.3) is 10.9 Å². The Balaban J connectivity index is 1.70. The minimum absolute atomic E-state index is 0.0205. The van der Waals surface area contributed by atoms with E-state index in [1.807, 2.05) is 68.6 Å². The normalized spacial score (nSPS) is 11.5. The summed E-state index contributed by atoms with van der Waals surface area (Å²) in [4.78, 5) is 16.0. The zero-order valence-corrected chi connectivity index (χ0v) is 14.9. The molecule has 25 heavy (non-hydrogen) atoms. The van der Waals surface area contributed by atoms with Crippen molar-refractivity contribution in [3.8, 4) is 5.75 Å². The van der Waals surface area contributed by atoms with Gasteiger partial charge in [0.15, 0.2) is 0 Å². The van der Waals surface area contributed by atoms with Crippen LogP contribution in [0.5, 0.6) is 5.75 Å². The molecule has 2 aromatic carbocycles. The van der Waals surface area contributed by atoms with E-state index in [1.54, 1.807) is 7.11 Å². The number of hydrogen-bond donors (Lipinski definition) is 2. The van der Waals surface area contributed by atoms with Crippen molar-refractivity contribution in [1.82, 2.24) is 10.3 Å². The van der Waals surface area contributed by atoms with Crippen molar-refractivity contribution in [3.05, 3.63) is 65.9 Å². The second kappa shape index (κ2) is 7.01. The van der Waals surface area contributed by atoms with Crippen LogP contribution in [-0.4, -0.2) is 24.5 Å². The van der Waals surface area contributed by atoms with Gasteiger partial charge in [-0.25, -0.2) is 0 Å². The molecule has 1 heterocycles. The van der Waals surface area contributed by atoms with Gasteiger partial charge in [-0.1, -0.05) is 36.4 Å². The van der Waals surface area contributed by atoms with Crippen LogP contribution >= 0.6 is 0 Å². The first-order valence-corrected chi connectivity index (χ1v) is 8.51. The standard InChI is InChI=1S/C21H24N2O2/c1-21(2,17-14-23-18-10-6-5-9-16(17)18)20(24)22-13-12-15-8-4-7-11-19(15)25-3/h4-11,14,23H,12-13H2,1-3H3,(H,22,24). The lowest BCUT2D eigenvalue weighted by atomic mass is 9.83. The largest absolute Gasteiger partial charge is 0.496 e. The van der Waals surface area contributed by atoms with E-state index in [1.165, 1.54) is 0 Å². The molecule has 0 aliphatic rings. The van der Waals surface area contributed by atoms with Gasteiger partial charge in [0, 0.05) is 23.6 Å². The summed E-state index contributed by atoms with van der Waals surface area (Å²) in [7, 11) is 1.66. The highest BCUT2D eigenvalue weighted by atomic mass is 16.5. The number of fused-ring (bicyclic) bond motifs is 1. The molecule has 0 saturated carbocycles. The summed E-state index contributed by atoms with van der Waals surface area (Å²) < 4.78 is 5.36. The third-order valence-electron chi connectivity index (χ3n) is 4.70. The number of rotatable bonds is 6. The van der Waals surface area contributed by atoms with Crippen LogP contribution in [0.4, 0.5) is 0 Å². The van der Waals surface area contributed by atoms with Crippen molar-refractivity contribution in [2.45, 2.75) is 25.7 Å². The summed E-state index contributed by atoms with van der Waals surface area (Å²) in [6.45, 7) is 4.49. The fraction of sp³-hybridized carbons (Fsp3) is 0.286. The number of ether oxygens (including phenoxy) is 1.